The molecule has 1 aromatic carbocycles. The number of pyridine rings is 1. The van der Waals surface area contributed by atoms with Gasteiger partial charge < -0.3 is 14.6 Å². The molecule has 1 N–H and O–H groups in total. The highest BCUT2D eigenvalue weighted by atomic mass is 16.5. The summed E-state index contributed by atoms with van der Waals surface area (Å²) in [7, 11) is 2.10. The van der Waals surface area contributed by atoms with Crippen molar-refractivity contribution in [1.82, 2.24) is 9.88 Å². The second-order valence-corrected chi connectivity index (χ2v) is 6.22. The Balaban J connectivity index is 1.56. The van der Waals surface area contributed by atoms with Crippen molar-refractivity contribution >= 4 is 10.9 Å². The van der Waals surface area contributed by atoms with Gasteiger partial charge >= 0.3 is 0 Å². The van der Waals surface area contributed by atoms with Crippen molar-refractivity contribution in [3.05, 3.63) is 46.2 Å². The molecule has 0 amide bonds. The first-order valence-corrected chi connectivity index (χ1v) is 8.13. The lowest BCUT2D eigenvalue weighted by Crippen LogP contribution is -2.22. The Bertz CT molecular complexity index is 674. The molecule has 3 rings (SSSR count). The van der Waals surface area contributed by atoms with Crippen molar-refractivity contribution in [2.24, 2.45) is 0 Å². The maximum Gasteiger partial charge on any atom is 0.189 e. The first-order valence-electron chi connectivity index (χ1n) is 8.13. The van der Waals surface area contributed by atoms with Crippen molar-refractivity contribution in [1.29, 1.82) is 0 Å². The normalized spacial score (nSPS) is 18.4. The zero-order chi connectivity index (χ0) is 15.4. The van der Waals surface area contributed by atoms with Crippen LogP contribution in [0.25, 0.3) is 10.9 Å². The largest absolute Gasteiger partial charge is 0.378 e. The number of fused-ring (bicyclic) bond motifs is 1. The summed E-state index contributed by atoms with van der Waals surface area (Å²) in [5.41, 5.74) is 1.98. The monoisotopic (exact) mass is 300 g/mol. The number of rotatable bonds is 6. The van der Waals surface area contributed by atoms with Gasteiger partial charge in [-0.05, 0) is 51.4 Å². The minimum absolute atomic E-state index is 0.0945. The minimum Gasteiger partial charge on any atom is -0.378 e. The molecule has 0 radical (unpaired) electrons. The molecular formula is C18H24N2O2. The smallest absolute Gasteiger partial charge is 0.189 e. The van der Waals surface area contributed by atoms with E-state index in [1.165, 1.54) is 12.8 Å². The van der Waals surface area contributed by atoms with Crippen LogP contribution in [-0.4, -0.2) is 36.2 Å². The van der Waals surface area contributed by atoms with Crippen LogP contribution in [0.1, 0.15) is 31.4 Å². The van der Waals surface area contributed by atoms with Crippen LogP contribution in [0.4, 0.5) is 0 Å². The van der Waals surface area contributed by atoms with E-state index < -0.39 is 0 Å². The number of nitrogens with one attached hydrogen (secondary N) is 1. The second kappa shape index (κ2) is 7.07. The highest BCUT2D eigenvalue weighted by Crippen LogP contribution is 2.17. The van der Waals surface area contributed by atoms with Crippen molar-refractivity contribution in [2.75, 3.05) is 20.2 Å². The van der Waals surface area contributed by atoms with Gasteiger partial charge in [-0.2, -0.15) is 0 Å². The SMILES string of the molecule is CN(CCCC1CCCO1)Cc1cc(=O)c2ccccc2[nH]1. The van der Waals surface area contributed by atoms with Gasteiger partial charge in [-0.3, -0.25) is 4.79 Å². The van der Waals surface area contributed by atoms with Gasteiger partial charge in [0.05, 0.1) is 6.10 Å². The lowest BCUT2D eigenvalue weighted by atomic mass is 10.1. The van der Waals surface area contributed by atoms with Crippen LogP contribution in [0.2, 0.25) is 0 Å². The Morgan fingerprint density at radius 2 is 2.23 bits per heavy atom. The fourth-order valence-electron chi connectivity index (χ4n) is 3.17. The van der Waals surface area contributed by atoms with E-state index in [1.807, 2.05) is 24.3 Å². The maximum absolute atomic E-state index is 12.1. The van der Waals surface area contributed by atoms with Crippen LogP contribution in [0.3, 0.4) is 0 Å². The molecule has 118 valence electrons. The van der Waals surface area contributed by atoms with Gasteiger partial charge in [0.25, 0.3) is 0 Å². The number of hydrogen-bond acceptors (Lipinski definition) is 3. The molecule has 22 heavy (non-hydrogen) atoms. The van der Waals surface area contributed by atoms with Gasteiger partial charge in [-0.1, -0.05) is 12.1 Å². The Labute approximate surface area is 131 Å². The minimum atomic E-state index is 0.0945. The van der Waals surface area contributed by atoms with Crippen LogP contribution >= 0.6 is 0 Å². The molecule has 1 fully saturated rings. The van der Waals surface area contributed by atoms with Gasteiger partial charge in [-0.25, -0.2) is 0 Å². The average Bonchev–Trinajstić information content (AvgIpc) is 3.00. The van der Waals surface area contributed by atoms with Crippen LogP contribution in [0.5, 0.6) is 0 Å². The Morgan fingerprint density at radius 3 is 3.05 bits per heavy atom. The summed E-state index contributed by atoms with van der Waals surface area (Å²) in [5, 5.41) is 0.757. The molecule has 1 unspecified atom stereocenters. The summed E-state index contributed by atoms with van der Waals surface area (Å²) in [5.74, 6) is 0. The van der Waals surface area contributed by atoms with Gasteiger partial charge in [0.1, 0.15) is 0 Å². The Morgan fingerprint density at radius 1 is 1.36 bits per heavy atom. The van der Waals surface area contributed by atoms with Crippen molar-refractivity contribution in [3.8, 4) is 0 Å². The third-order valence-corrected chi connectivity index (χ3v) is 4.32. The molecule has 1 aromatic heterocycles. The molecule has 0 spiro atoms. The second-order valence-electron chi connectivity index (χ2n) is 6.22. The summed E-state index contributed by atoms with van der Waals surface area (Å²) in [6.45, 7) is 2.72. The number of para-hydroxylation sites is 1. The van der Waals surface area contributed by atoms with E-state index in [-0.39, 0.29) is 5.43 Å². The van der Waals surface area contributed by atoms with Crippen molar-refractivity contribution < 1.29 is 4.74 Å². The zero-order valence-corrected chi connectivity index (χ0v) is 13.2. The van der Waals surface area contributed by atoms with Crippen molar-refractivity contribution in [3.63, 3.8) is 0 Å². The number of H-pyrrole nitrogens is 1. The highest BCUT2D eigenvalue weighted by molar-refractivity contribution is 5.78. The number of hydrogen-bond donors (Lipinski definition) is 1. The first kappa shape index (κ1) is 15.3. The number of ether oxygens (including phenoxy) is 1. The van der Waals surface area contributed by atoms with Crippen LogP contribution in [0, 0.1) is 0 Å². The van der Waals surface area contributed by atoms with Gasteiger partial charge in [0.2, 0.25) is 0 Å². The van der Waals surface area contributed by atoms with E-state index in [0.29, 0.717) is 6.10 Å². The molecule has 1 aliphatic heterocycles. The summed E-state index contributed by atoms with van der Waals surface area (Å²) in [6, 6.07) is 9.39. The fraction of sp³-hybridized carbons (Fsp3) is 0.500. The molecule has 0 bridgehead atoms. The lowest BCUT2D eigenvalue weighted by Gasteiger charge is -2.18. The summed E-state index contributed by atoms with van der Waals surface area (Å²) in [4.78, 5) is 17.7. The van der Waals surface area contributed by atoms with Gasteiger partial charge in [-0.15, -0.1) is 0 Å². The maximum atomic E-state index is 12.1. The van der Waals surface area contributed by atoms with Crippen LogP contribution in [-0.2, 0) is 11.3 Å². The van der Waals surface area contributed by atoms with E-state index >= 15 is 0 Å². The molecule has 0 saturated carbocycles. The molecule has 1 aliphatic rings. The van der Waals surface area contributed by atoms with E-state index in [1.54, 1.807) is 6.07 Å². The molecular weight excluding hydrogens is 276 g/mol. The third-order valence-electron chi connectivity index (χ3n) is 4.32. The summed E-state index contributed by atoms with van der Waals surface area (Å²) in [6.07, 6.45) is 5.16. The lowest BCUT2D eigenvalue weighted by molar-refractivity contribution is 0.0995. The standard InChI is InChI=1S/C18H24N2O2/c1-20(10-4-6-15-7-5-11-22-15)13-14-12-18(21)16-8-2-3-9-17(16)19-14/h2-3,8-9,12,15H,4-7,10-11,13H2,1H3,(H,19,21). The average molecular weight is 300 g/mol. The molecule has 4 heteroatoms. The Hall–Kier alpha value is -1.65. The number of aromatic amines is 1. The number of benzene rings is 1. The van der Waals surface area contributed by atoms with Crippen LogP contribution in [0.15, 0.2) is 35.1 Å². The molecule has 2 heterocycles. The fourth-order valence-corrected chi connectivity index (χ4v) is 3.17. The van der Waals surface area contributed by atoms with Gasteiger partial charge in [0, 0.05) is 35.8 Å². The number of aromatic nitrogens is 1. The molecule has 1 atom stereocenters. The predicted molar refractivity (Wildman–Crippen MR) is 89.1 cm³/mol. The van der Waals surface area contributed by atoms with E-state index in [0.717, 1.165) is 49.1 Å². The van der Waals surface area contributed by atoms with E-state index in [2.05, 4.69) is 16.9 Å². The number of nitrogens with zero attached hydrogens (tertiary/aromatic N) is 1. The molecule has 2 aromatic rings. The topological polar surface area (TPSA) is 45.3 Å². The third kappa shape index (κ3) is 3.76. The summed E-state index contributed by atoms with van der Waals surface area (Å²) < 4.78 is 5.65. The Kier molecular flexibility index (Phi) is 4.90. The quantitative estimate of drug-likeness (QED) is 0.892. The van der Waals surface area contributed by atoms with E-state index in [4.69, 9.17) is 4.74 Å². The van der Waals surface area contributed by atoms with Gasteiger partial charge in [0.15, 0.2) is 5.43 Å². The van der Waals surface area contributed by atoms with Crippen LogP contribution < -0.4 is 5.43 Å². The zero-order valence-electron chi connectivity index (χ0n) is 13.2. The van der Waals surface area contributed by atoms with Crippen molar-refractivity contribution in [2.45, 2.75) is 38.3 Å². The molecule has 1 saturated heterocycles. The summed E-state index contributed by atoms with van der Waals surface area (Å²) >= 11 is 0. The molecule has 0 aliphatic carbocycles. The predicted octanol–water partition coefficient (Wildman–Crippen LogP) is 2.92. The van der Waals surface area contributed by atoms with E-state index in [9.17, 15) is 4.79 Å². The first-order chi connectivity index (χ1) is 10.7. The highest BCUT2D eigenvalue weighted by Gasteiger charge is 2.15. The molecule has 4 nitrogen and oxygen atoms in total.